The van der Waals surface area contributed by atoms with E-state index in [-0.39, 0.29) is 17.1 Å². The van der Waals surface area contributed by atoms with Crippen LogP contribution in [0.3, 0.4) is 0 Å². The van der Waals surface area contributed by atoms with Gasteiger partial charge in [-0.25, -0.2) is 0 Å². The Morgan fingerprint density at radius 1 is 1.62 bits per heavy atom. The van der Waals surface area contributed by atoms with Crippen molar-refractivity contribution in [1.29, 1.82) is 10.7 Å². The van der Waals surface area contributed by atoms with Crippen LogP contribution in [-0.2, 0) is 6.42 Å². The van der Waals surface area contributed by atoms with Gasteiger partial charge in [-0.3, -0.25) is 20.9 Å². The number of hydrogen-bond acceptors (Lipinski definition) is 6. The Morgan fingerprint density at radius 2 is 2.33 bits per heavy atom. The molecule has 0 spiro atoms. The maximum Gasteiger partial charge on any atom is 0.294 e. The molecule has 0 aliphatic rings. The lowest BCUT2D eigenvalue weighted by Gasteiger charge is -2.05. The van der Waals surface area contributed by atoms with Gasteiger partial charge in [-0.05, 0) is 24.5 Å². The maximum atomic E-state index is 11.1. The van der Waals surface area contributed by atoms with E-state index in [1.54, 1.807) is 12.1 Å². The third-order valence-electron chi connectivity index (χ3n) is 2.73. The standard InChI is InChI=1S/C13H16N6O2/c1-2-3-4-9-5-6-10(12(7-9)19(20)21)17-18-11(8-14)13(15)16/h5-7,17H,2-4H2,1H3,(H3,15,16)/b18-11+. The first kappa shape index (κ1) is 16.1. The van der Waals surface area contributed by atoms with Crippen molar-refractivity contribution in [2.24, 2.45) is 10.8 Å². The SMILES string of the molecule is CCCCc1ccc(N/N=C(\C#N)C(=N)N)c([N+](=O)[O-])c1. The number of amidine groups is 1. The van der Waals surface area contributed by atoms with Crippen LogP contribution < -0.4 is 11.2 Å². The van der Waals surface area contributed by atoms with Crippen LogP contribution >= 0.6 is 0 Å². The largest absolute Gasteiger partial charge is 0.382 e. The highest BCUT2D eigenvalue weighted by molar-refractivity contribution is 6.45. The highest BCUT2D eigenvalue weighted by Gasteiger charge is 2.14. The zero-order valence-electron chi connectivity index (χ0n) is 11.6. The minimum absolute atomic E-state index is 0.131. The number of anilines is 1. The number of benzene rings is 1. The summed E-state index contributed by atoms with van der Waals surface area (Å²) in [5.41, 5.74) is 8.11. The molecule has 0 unspecified atom stereocenters. The van der Waals surface area contributed by atoms with Crippen LogP contribution in [0.5, 0.6) is 0 Å². The summed E-state index contributed by atoms with van der Waals surface area (Å²) >= 11 is 0. The molecule has 1 aromatic rings. The first-order chi connectivity index (χ1) is 9.99. The third kappa shape index (κ3) is 4.58. The molecule has 0 saturated heterocycles. The monoisotopic (exact) mass is 288 g/mol. The normalized spacial score (nSPS) is 10.8. The molecular formula is C13H16N6O2. The van der Waals surface area contributed by atoms with Crippen molar-refractivity contribution in [2.45, 2.75) is 26.2 Å². The molecule has 0 amide bonds. The lowest BCUT2D eigenvalue weighted by Crippen LogP contribution is -2.22. The quantitative estimate of drug-likeness (QED) is 0.305. The second-order valence-electron chi connectivity index (χ2n) is 4.31. The van der Waals surface area contributed by atoms with Gasteiger partial charge in [0.1, 0.15) is 11.8 Å². The number of nitriles is 1. The second kappa shape index (κ2) is 7.59. The second-order valence-corrected chi connectivity index (χ2v) is 4.31. The van der Waals surface area contributed by atoms with E-state index in [9.17, 15) is 10.1 Å². The van der Waals surface area contributed by atoms with Crippen molar-refractivity contribution in [3.05, 3.63) is 33.9 Å². The molecule has 0 heterocycles. The van der Waals surface area contributed by atoms with Crippen LogP contribution in [0.25, 0.3) is 0 Å². The summed E-state index contributed by atoms with van der Waals surface area (Å²) < 4.78 is 0. The number of nitro groups is 1. The molecule has 0 saturated carbocycles. The van der Waals surface area contributed by atoms with Crippen LogP contribution in [0.15, 0.2) is 23.3 Å². The summed E-state index contributed by atoms with van der Waals surface area (Å²) in [4.78, 5) is 10.6. The van der Waals surface area contributed by atoms with Gasteiger partial charge in [0.2, 0.25) is 5.71 Å². The van der Waals surface area contributed by atoms with E-state index in [1.165, 1.54) is 12.1 Å². The summed E-state index contributed by atoms with van der Waals surface area (Å²) in [6.07, 6.45) is 2.71. The van der Waals surface area contributed by atoms with Crippen LogP contribution in [-0.4, -0.2) is 16.5 Å². The van der Waals surface area contributed by atoms with Crippen molar-refractivity contribution in [2.75, 3.05) is 5.43 Å². The number of rotatable bonds is 7. The Balaban J connectivity index is 3.05. The number of nitrogens with zero attached hydrogens (tertiary/aromatic N) is 3. The van der Waals surface area contributed by atoms with Gasteiger partial charge in [0.25, 0.3) is 5.69 Å². The Morgan fingerprint density at radius 3 is 2.86 bits per heavy atom. The van der Waals surface area contributed by atoms with E-state index in [0.717, 1.165) is 24.8 Å². The molecule has 110 valence electrons. The maximum absolute atomic E-state index is 11.1. The van der Waals surface area contributed by atoms with Crippen LogP contribution in [0.4, 0.5) is 11.4 Å². The molecule has 8 heteroatoms. The van der Waals surface area contributed by atoms with E-state index in [1.807, 2.05) is 6.92 Å². The lowest BCUT2D eigenvalue weighted by molar-refractivity contribution is -0.384. The topological polar surface area (TPSA) is 141 Å². The van der Waals surface area contributed by atoms with E-state index < -0.39 is 10.8 Å². The van der Waals surface area contributed by atoms with Gasteiger partial charge in [0.15, 0.2) is 5.84 Å². The Kier molecular flexibility index (Phi) is 5.82. The van der Waals surface area contributed by atoms with Gasteiger partial charge in [-0.1, -0.05) is 19.4 Å². The van der Waals surface area contributed by atoms with Gasteiger partial charge < -0.3 is 5.73 Å². The molecule has 1 aromatic carbocycles. The van der Waals surface area contributed by atoms with E-state index in [4.69, 9.17) is 16.4 Å². The Bertz CT molecular complexity index is 618. The zero-order valence-corrected chi connectivity index (χ0v) is 11.6. The number of nitrogens with two attached hydrogens (primary N) is 1. The molecule has 0 aliphatic carbocycles. The first-order valence-corrected chi connectivity index (χ1v) is 6.35. The van der Waals surface area contributed by atoms with Gasteiger partial charge >= 0.3 is 0 Å². The summed E-state index contributed by atoms with van der Waals surface area (Å²) in [6.45, 7) is 2.05. The fourth-order valence-electron chi connectivity index (χ4n) is 1.62. The highest BCUT2D eigenvalue weighted by atomic mass is 16.6. The van der Waals surface area contributed by atoms with Crippen molar-refractivity contribution < 1.29 is 4.92 Å². The van der Waals surface area contributed by atoms with Crippen molar-refractivity contribution >= 4 is 22.9 Å². The predicted octanol–water partition coefficient (Wildman–Crippen LogP) is 2.16. The number of unbranched alkanes of at least 4 members (excludes halogenated alkanes) is 1. The molecule has 0 aromatic heterocycles. The Labute approximate surface area is 121 Å². The van der Waals surface area contributed by atoms with Crippen LogP contribution in [0.2, 0.25) is 0 Å². The number of hydrogen-bond donors (Lipinski definition) is 3. The van der Waals surface area contributed by atoms with Gasteiger partial charge in [0.05, 0.1) is 4.92 Å². The molecule has 0 bridgehead atoms. The first-order valence-electron chi connectivity index (χ1n) is 6.35. The molecule has 0 fully saturated rings. The minimum Gasteiger partial charge on any atom is -0.382 e. The molecule has 0 aliphatic heterocycles. The lowest BCUT2D eigenvalue weighted by atomic mass is 10.1. The summed E-state index contributed by atoms with van der Waals surface area (Å²) in [5, 5.41) is 30.5. The number of nitrogens with one attached hydrogen (secondary N) is 2. The highest BCUT2D eigenvalue weighted by Crippen LogP contribution is 2.26. The molecule has 0 radical (unpaired) electrons. The van der Waals surface area contributed by atoms with E-state index in [2.05, 4.69) is 10.5 Å². The number of aryl methyl sites for hydroxylation is 1. The van der Waals surface area contributed by atoms with Crippen molar-refractivity contribution in [3.8, 4) is 6.07 Å². The Hall–Kier alpha value is -2.95. The van der Waals surface area contributed by atoms with Gasteiger partial charge in [-0.2, -0.15) is 10.4 Å². The fraction of sp³-hybridized carbons (Fsp3) is 0.308. The average molecular weight is 288 g/mol. The van der Waals surface area contributed by atoms with Crippen LogP contribution in [0.1, 0.15) is 25.3 Å². The van der Waals surface area contributed by atoms with Gasteiger partial charge in [0, 0.05) is 6.07 Å². The van der Waals surface area contributed by atoms with E-state index >= 15 is 0 Å². The third-order valence-corrected chi connectivity index (χ3v) is 2.73. The molecular weight excluding hydrogens is 272 g/mol. The summed E-state index contributed by atoms with van der Waals surface area (Å²) in [5.74, 6) is -0.507. The zero-order chi connectivity index (χ0) is 15.8. The summed E-state index contributed by atoms with van der Waals surface area (Å²) in [6, 6.07) is 6.40. The molecule has 1 rings (SSSR count). The predicted molar refractivity (Wildman–Crippen MR) is 80.3 cm³/mol. The van der Waals surface area contributed by atoms with Crippen molar-refractivity contribution in [1.82, 2.24) is 0 Å². The van der Waals surface area contributed by atoms with E-state index in [0.29, 0.717) is 0 Å². The van der Waals surface area contributed by atoms with Crippen LogP contribution in [0, 0.1) is 26.9 Å². The molecule has 4 N–H and O–H groups in total. The molecule has 0 atom stereocenters. The average Bonchev–Trinajstić information content (AvgIpc) is 2.45. The molecule has 8 nitrogen and oxygen atoms in total. The number of hydrazone groups is 1. The number of nitro benzene ring substituents is 1. The summed E-state index contributed by atoms with van der Waals surface area (Å²) in [7, 11) is 0. The smallest absolute Gasteiger partial charge is 0.294 e. The fourth-order valence-corrected chi connectivity index (χ4v) is 1.62. The van der Waals surface area contributed by atoms with Crippen molar-refractivity contribution in [3.63, 3.8) is 0 Å². The molecule has 21 heavy (non-hydrogen) atoms. The van der Waals surface area contributed by atoms with Gasteiger partial charge in [-0.15, -0.1) is 0 Å². The minimum atomic E-state index is -0.521.